The van der Waals surface area contributed by atoms with Gasteiger partial charge in [0.2, 0.25) is 24.1 Å². The highest BCUT2D eigenvalue weighted by molar-refractivity contribution is 6.08. The van der Waals surface area contributed by atoms with Crippen molar-refractivity contribution >= 4 is 17.7 Å². The van der Waals surface area contributed by atoms with Gasteiger partial charge in [0.15, 0.2) is 0 Å². The summed E-state index contributed by atoms with van der Waals surface area (Å²) in [5.74, 6) is -1.49. The molecular formula is C16H22F2N2O3. The lowest BCUT2D eigenvalue weighted by molar-refractivity contribution is -0.154. The molecule has 0 aromatic carbocycles. The van der Waals surface area contributed by atoms with Gasteiger partial charge < -0.3 is 4.90 Å². The summed E-state index contributed by atoms with van der Waals surface area (Å²) in [6, 6.07) is -0.826. The Bertz CT molecular complexity index is 495. The van der Waals surface area contributed by atoms with Gasteiger partial charge in [-0.2, -0.15) is 0 Å². The minimum Gasteiger partial charge on any atom is -0.340 e. The highest BCUT2D eigenvalue weighted by Gasteiger charge is 2.51. The van der Waals surface area contributed by atoms with Gasteiger partial charge in [-0.15, -0.1) is 0 Å². The molecule has 0 bridgehead atoms. The van der Waals surface area contributed by atoms with Crippen molar-refractivity contribution in [2.45, 2.75) is 51.5 Å². The molecule has 0 aromatic heterocycles. The Labute approximate surface area is 134 Å². The smallest absolute Gasteiger partial charge is 0.245 e. The van der Waals surface area contributed by atoms with Crippen molar-refractivity contribution in [1.29, 1.82) is 0 Å². The summed E-state index contributed by atoms with van der Waals surface area (Å²) < 4.78 is 24.6. The summed E-state index contributed by atoms with van der Waals surface area (Å²) in [6.07, 6.45) is 0.749. The maximum Gasteiger partial charge on any atom is 0.245 e. The van der Waals surface area contributed by atoms with Crippen LogP contribution in [0.5, 0.6) is 0 Å². The lowest BCUT2D eigenvalue weighted by atomic mass is 9.81. The number of likely N-dealkylation sites (tertiary alicyclic amines) is 2. The number of fused-ring (bicyclic) bond motifs is 1. The quantitative estimate of drug-likeness (QED) is 0.738. The summed E-state index contributed by atoms with van der Waals surface area (Å²) in [7, 11) is 0. The van der Waals surface area contributed by atoms with Crippen LogP contribution in [-0.2, 0) is 14.4 Å². The number of carbonyl (C=O) groups excluding carboxylic acids is 3. The lowest BCUT2D eigenvalue weighted by Gasteiger charge is -2.41. The molecule has 0 radical (unpaired) electrons. The first-order valence-electron chi connectivity index (χ1n) is 8.34. The molecule has 5 nitrogen and oxygen atoms in total. The fraction of sp³-hybridized carbons (Fsp3) is 0.812. The normalized spacial score (nSPS) is 29.7. The highest BCUT2D eigenvalue weighted by Crippen LogP contribution is 2.39. The summed E-state index contributed by atoms with van der Waals surface area (Å²) in [4.78, 5) is 40.0. The van der Waals surface area contributed by atoms with E-state index in [0.717, 1.165) is 17.7 Å². The molecular weight excluding hydrogens is 306 g/mol. The molecule has 2 saturated heterocycles. The number of carbonyl (C=O) groups is 3. The SMILES string of the molecule is CC(C(=O)N1CC(CC(F)F)C1)N1C(=O)C2CCCCC2C1=O. The largest absolute Gasteiger partial charge is 0.340 e. The number of hydrogen-bond donors (Lipinski definition) is 0. The van der Waals surface area contributed by atoms with E-state index in [4.69, 9.17) is 0 Å². The van der Waals surface area contributed by atoms with Gasteiger partial charge in [-0.3, -0.25) is 19.3 Å². The molecule has 3 rings (SSSR count). The molecule has 3 atom stereocenters. The maximum atomic E-state index is 12.5. The number of nitrogens with zero attached hydrogens (tertiary/aromatic N) is 2. The fourth-order valence-electron chi connectivity index (χ4n) is 4.10. The molecule has 2 aliphatic heterocycles. The average Bonchev–Trinajstić information content (AvgIpc) is 2.73. The van der Waals surface area contributed by atoms with Gasteiger partial charge in [0.25, 0.3) is 0 Å². The second-order valence-corrected chi connectivity index (χ2v) is 6.96. The minimum absolute atomic E-state index is 0.182. The van der Waals surface area contributed by atoms with Crippen molar-refractivity contribution < 1.29 is 23.2 Å². The monoisotopic (exact) mass is 328 g/mol. The number of rotatable bonds is 4. The first kappa shape index (κ1) is 16.3. The Morgan fingerprint density at radius 3 is 2.13 bits per heavy atom. The Hall–Kier alpha value is -1.53. The number of alkyl halides is 2. The lowest BCUT2D eigenvalue weighted by Crippen LogP contribution is -2.57. The third-order valence-electron chi connectivity index (χ3n) is 5.40. The molecule has 2 heterocycles. The van der Waals surface area contributed by atoms with Crippen LogP contribution < -0.4 is 0 Å². The molecule has 7 heteroatoms. The van der Waals surface area contributed by atoms with Crippen molar-refractivity contribution in [3.63, 3.8) is 0 Å². The molecule has 0 aromatic rings. The summed E-state index contributed by atoms with van der Waals surface area (Å²) in [5, 5.41) is 0. The van der Waals surface area contributed by atoms with E-state index in [2.05, 4.69) is 0 Å². The van der Waals surface area contributed by atoms with E-state index in [1.54, 1.807) is 6.92 Å². The third-order valence-corrected chi connectivity index (χ3v) is 5.40. The van der Waals surface area contributed by atoms with Crippen LogP contribution >= 0.6 is 0 Å². The van der Waals surface area contributed by atoms with E-state index >= 15 is 0 Å². The van der Waals surface area contributed by atoms with Crippen LogP contribution in [0.15, 0.2) is 0 Å². The van der Waals surface area contributed by atoms with Gasteiger partial charge in [-0.25, -0.2) is 8.78 Å². The minimum atomic E-state index is -2.36. The number of amides is 3. The van der Waals surface area contributed by atoms with Crippen LogP contribution in [0.2, 0.25) is 0 Å². The number of imide groups is 1. The van der Waals surface area contributed by atoms with Crippen molar-refractivity contribution in [1.82, 2.24) is 9.80 Å². The number of hydrogen-bond acceptors (Lipinski definition) is 3. The van der Waals surface area contributed by atoms with E-state index in [0.29, 0.717) is 12.8 Å². The summed E-state index contributed by atoms with van der Waals surface area (Å²) >= 11 is 0. The Balaban J connectivity index is 1.62. The molecule has 0 spiro atoms. The molecule has 128 valence electrons. The molecule has 1 saturated carbocycles. The standard InChI is InChI=1S/C16H22F2N2O3/c1-9(14(21)19-7-10(8-19)6-13(17)18)20-15(22)11-4-2-3-5-12(11)16(20)23/h9-13H,2-8H2,1H3. The fourth-order valence-corrected chi connectivity index (χ4v) is 4.10. The first-order chi connectivity index (χ1) is 10.9. The van der Waals surface area contributed by atoms with E-state index in [9.17, 15) is 23.2 Å². The zero-order chi connectivity index (χ0) is 16.7. The van der Waals surface area contributed by atoms with E-state index in [1.165, 1.54) is 4.90 Å². The highest BCUT2D eigenvalue weighted by atomic mass is 19.3. The molecule has 1 aliphatic carbocycles. The van der Waals surface area contributed by atoms with Crippen LogP contribution in [0.25, 0.3) is 0 Å². The molecule has 3 fully saturated rings. The second kappa shape index (κ2) is 6.17. The van der Waals surface area contributed by atoms with E-state index in [-0.39, 0.29) is 55.0 Å². The van der Waals surface area contributed by atoms with Gasteiger partial charge >= 0.3 is 0 Å². The van der Waals surface area contributed by atoms with Gasteiger partial charge in [0, 0.05) is 19.5 Å². The second-order valence-electron chi connectivity index (χ2n) is 6.96. The molecule has 23 heavy (non-hydrogen) atoms. The van der Waals surface area contributed by atoms with Crippen LogP contribution in [0.4, 0.5) is 8.78 Å². The Morgan fingerprint density at radius 2 is 1.65 bits per heavy atom. The van der Waals surface area contributed by atoms with Crippen LogP contribution in [0, 0.1) is 17.8 Å². The predicted molar refractivity (Wildman–Crippen MR) is 77.5 cm³/mol. The number of halogens is 2. The average molecular weight is 328 g/mol. The summed E-state index contributed by atoms with van der Waals surface area (Å²) in [5.41, 5.74) is 0. The van der Waals surface area contributed by atoms with Gasteiger partial charge in [0.1, 0.15) is 6.04 Å². The zero-order valence-corrected chi connectivity index (χ0v) is 13.2. The van der Waals surface area contributed by atoms with E-state index < -0.39 is 12.5 Å². The van der Waals surface area contributed by atoms with Crippen molar-refractivity contribution in [3.8, 4) is 0 Å². The van der Waals surface area contributed by atoms with Gasteiger partial charge in [-0.1, -0.05) is 12.8 Å². The third kappa shape index (κ3) is 2.85. The van der Waals surface area contributed by atoms with Crippen molar-refractivity contribution in [2.24, 2.45) is 17.8 Å². The first-order valence-corrected chi connectivity index (χ1v) is 8.34. The van der Waals surface area contributed by atoms with Crippen molar-refractivity contribution in [3.05, 3.63) is 0 Å². The van der Waals surface area contributed by atoms with Crippen LogP contribution in [0.1, 0.15) is 39.0 Å². The Kier molecular flexibility index (Phi) is 4.38. The summed E-state index contributed by atoms with van der Waals surface area (Å²) in [6.45, 7) is 2.14. The molecule has 3 unspecified atom stereocenters. The maximum absolute atomic E-state index is 12.5. The van der Waals surface area contributed by atoms with Crippen LogP contribution in [-0.4, -0.2) is 53.1 Å². The topological polar surface area (TPSA) is 57.7 Å². The van der Waals surface area contributed by atoms with Gasteiger partial charge in [0.05, 0.1) is 11.8 Å². The molecule has 3 amide bonds. The predicted octanol–water partition coefficient (Wildman–Crippen LogP) is 1.66. The van der Waals surface area contributed by atoms with Crippen LogP contribution in [0.3, 0.4) is 0 Å². The zero-order valence-electron chi connectivity index (χ0n) is 13.2. The molecule has 0 N–H and O–H groups in total. The molecule has 3 aliphatic rings. The van der Waals surface area contributed by atoms with E-state index in [1.807, 2.05) is 0 Å². The van der Waals surface area contributed by atoms with Gasteiger partial charge in [-0.05, 0) is 25.7 Å². The van der Waals surface area contributed by atoms with Crippen molar-refractivity contribution in [2.75, 3.05) is 13.1 Å². The Morgan fingerprint density at radius 1 is 1.13 bits per heavy atom.